The van der Waals surface area contributed by atoms with Crippen molar-refractivity contribution in [2.75, 3.05) is 0 Å². The number of H-pyrrole nitrogens is 1. The fraction of sp³-hybridized carbons (Fsp3) is 0. The van der Waals surface area contributed by atoms with Gasteiger partial charge in [0, 0.05) is 0 Å². The van der Waals surface area contributed by atoms with Gasteiger partial charge in [0.25, 0.3) is 0 Å². The molecule has 1 aromatic carbocycles. The van der Waals surface area contributed by atoms with Crippen molar-refractivity contribution < 1.29 is 8.91 Å². The van der Waals surface area contributed by atoms with E-state index in [1.807, 2.05) is 0 Å². The zero-order chi connectivity index (χ0) is 11.0. The minimum Gasteiger partial charge on any atom is -0.296 e. The molecule has 0 bridgehead atoms. The number of nitrogens with one attached hydrogen (secondary N) is 1. The van der Waals surface area contributed by atoms with Crippen LogP contribution in [0.3, 0.4) is 0 Å². The lowest BCUT2D eigenvalue weighted by Crippen LogP contribution is -1.95. The van der Waals surface area contributed by atoms with Gasteiger partial charge in [0.2, 0.25) is 0 Å². The van der Waals surface area contributed by atoms with Crippen LogP contribution in [0.2, 0.25) is 10.0 Å². The molecule has 0 atom stereocenters. The maximum atomic E-state index is 12.8. The Morgan fingerprint density at radius 2 is 1.93 bits per heavy atom. The molecule has 0 amide bonds. The van der Waals surface area contributed by atoms with Gasteiger partial charge in [0.1, 0.15) is 5.82 Å². The van der Waals surface area contributed by atoms with Crippen molar-refractivity contribution in [2.24, 2.45) is 0 Å². The van der Waals surface area contributed by atoms with E-state index in [-0.39, 0.29) is 21.4 Å². The molecular formula is C8H3Cl2FN2O2. The highest BCUT2D eigenvalue weighted by molar-refractivity contribution is 6.38. The number of aromatic nitrogens is 2. The Balaban J connectivity index is 2.67. The molecule has 1 aromatic heterocycles. The third-order valence-corrected chi connectivity index (χ3v) is 2.28. The maximum Gasteiger partial charge on any atom is 0.439 e. The summed E-state index contributed by atoms with van der Waals surface area (Å²) in [6, 6.07) is 2.13. The van der Waals surface area contributed by atoms with Crippen LogP contribution >= 0.6 is 23.2 Å². The van der Waals surface area contributed by atoms with E-state index in [0.29, 0.717) is 0 Å². The third-order valence-electron chi connectivity index (χ3n) is 1.68. The molecule has 0 saturated carbocycles. The van der Waals surface area contributed by atoms with Crippen molar-refractivity contribution in [3.05, 3.63) is 38.5 Å². The lowest BCUT2D eigenvalue weighted by Gasteiger charge is -2.02. The first-order valence-corrected chi connectivity index (χ1v) is 4.54. The number of rotatable bonds is 1. The predicted molar refractivity (Wildman–Crippen MR) is 52.5 cm³/mol. The molecule has 1 N–H and O–H groups in total. The molecule has 2 rings (SSSR count). The van der Waals surface area contributed by atoms with E-state index in [1.54, 1.807) is 0 Å². The minimum atomic E-state index is -0.735. The second kappa shape index (κ2) is 3.67. The number of aromatic amines is 1. The summed E-state index contributed by atoms with van der Waals surface area (Å²) in [5.74, 6) is -1.24. The second-order valence-corrected chi connectivity index (χ2v) is 3.50. The highest BCUT2D eigenvalue weighted by Gasteiger charge is 2.14. The normalized spacial score (nSPS) is 10.6. The summed E-state index contributed by atoms with van der Waals surface area (Å²) in [6.45, 7) is 0. The summed E-state index contributed by atoms with van der Waals surface area (Å²) in [4.78, 5) is 13.0. The molecule has 4 nitrogen and oxygen atoms in total. The van der Waals surface area contributed by atoms with Crippen LogP contribution in [0, 0.1) is 5.82 Å². The summed E-state index contributed by atoms with van der Waals surface area (Å²) in [7, 11) is 0. The van der Waals surface area contributed by atoms with Crippen LogP contribution < -0.4 is 5.76 Å². The molecule has 7 heteroatoms. The van der Waals surface area contributed by atoms with Gasteiger partial charge < -0.3 is 0 Å². The van der Waals surface area contributed by atoms with Crippen molar-refractivity contribution in [1.82, 2.24) is 10.1 Å². The lowest BCUT2D eigenvalue weighted by molar-refractivity contribution is 0.388. The molecule has 0 fully saturated rings. The number of benzene rings is 1. The zero-order valence-corrected chi connectivity index (χ0v) is 8.56. The molecule has 0 aliphatic heterocycles. The molecule has 78 valence electrons. The van der Waals surface area contributed by atoms with Crippen molar-refractivity contribution in [2.45, 2.75) is 0 Å². The Labute approximate surface area is 92.6 Å². The molecule has 0 spiro atoms. The van der Waals surface area contributed by atoms with Crippen LogP contribution in [-0.2, 0) is 0 Å². The van der Waals surface area contributed by atoms with Crippen LogP contribution in [0.15, 0.2) is 21.5 Å². The largest absolute Gasteiger partial charge is 0.439 e. The lowest BCUT2D eigenvalue weighted by atomic mass is 10.2. The van der Waals surface area contributed by atoms with Gasteiger partial charge in [-0.2, -0.15) is 0 Å². The van der Waals surface area contributed by atoms with E-state index >= 15 is 0 Å². The number of hydrogen-bond acceptors (Lipinski definition) is 3. The van der Waals surface area contributed by atoms with Gasteiger partial charge >= 0.3 is 5.76 Å². The van der Waals surface area contributed by atoms with Gasteiger partial charge in [0.15, 0.2) is 5.82 Å². The predicted octanol–water partition coefficient (Wildman–Crippen LogP) is 2.48. The average molecular weight is 249 g/mol. The standard InChI is InChI=1S/C8H3Cl2FN2O2/c9-4-1-3(11)2-5(10)6(4)7-12-8(14)15-13-7/h1-2H,(H,12,13,14). The zero-order valence-electron chi connectivity index (χ0n) is 7.05. The van der Waals surface area contributed by atoms with Crippen LogP contribution in [0.5, 0.6) is 0 Å². The van der Waals surface area contributed by atoms with E-state index in [4.69, 9.17) is 23.2 Å². The highest BCUT2D eigenvalue weighted by Crippen LogP contribution is 2.32. The molecule has 0 aliphatic carbocycles. The molecule has 1 heterocycles. The van der Waals surface area contributed by atoms with E-state index < -0.39 is 11.6 Å². The Hall–Kier alpha value is -1.33. The number of nitrogens with zero attached hydrogens (tertiary/aromatic N) is 1. The van der Waals surface area contributed by atoms with Gasteiger partial charge in [0.05, 0.1) is 15.6 Å². The SMILES string of the molecule is O=c1[nH]c(-c2c(Cl)cc(F)cc2Cl)no1. The van der Waals surface area contributed by atoms with E-state index in [2.05, 4.69) is 14.7 Å². The molecule has 0 saturated heterocycles. The molecule has 0 aliphatic rings. The highest BCUT2D eigenvalue weighted by atomic mass is 35.5. The molecular weight excluding hydrogens is 246 g/mol. The van der Waals surface area contributed by atoms with E-state index in [0.717, 1.165) is 12.1 Å². The average Bonchev–Trinajstić information content (AvgIpc) is 2.49. The summed E-state index contributed by atoms with van der Waals surface area (Å²) >= 11 is 11.5. The Kier molecular flexibility index (Phi) is 2.50. The van der Waals surface area contributed by atoms with E-state index in [9.17, 15) is 9.18 Å². The molecule has 0 radical (unpaired) electrons. The Morgan fingerprint density at radius 3 is 2.40 bits per heavy atom. The number of halogens is 3. The first-order valence-electron chi connectivity index (χ1n) is 3.79. The van der Waals surface area contributed by atoms with Crippen molar-refractivity contribution >= 4 is 23.2 Å². The maximum absolute atomic E-state index is 12.8. The summed E-state index contributed by atoms with van der Waals surface area (Å²) in [5.41, 5.74) is 0.227. The van der Waals surface area contributed by atoms with Crippen LogP contribution in [0.4, 0.5) is 4.39 Å². The fourth-order valence-corrected chi connectivity index (χ4v) is 1.75. The van der Waals surface area contributed by atoms with Crippen molar-refractivity contribution in [1.29, 1.82) is 0 Å². The first-order chi connectivity index (χ1) is 7.08. The van der Waals surface area contributed by atoms with Crippen LogP contribution in [0.25, 0.3) is 11.4 Å². The van der Waals surface area contributed by atoms with Gasteiger partial charge in [-0.3, -0.25) is 9.51 Å². The van der Waals surface area contributed by atoms with Gasteiger partial charge in [-0.1, -0.05) is 28.4 Å². The molecule has 2 aromatic rings. The quantitative estimate of drug-likeness (QED) is 0.844. The van der Waals surface area contributed by atoms with Gasteiger partial charge in [-0.05, 0) is 12.1 Å². The monoisotopic (exact) mass is 248 g/mol. The topological polar surface area (TPSA) is 58.9 Å². The fourth-order valence-electron chi connectivity index (χ4n) is 1.11. The summed E-state index contributed by atoms with van der Waals surface area (Å²) in [5, 5.41) is 3.49. The van der Waals surface area contributed by atoms with Crippen molar-refractivity contribution in [3.63, 3.8) is 0 Å². The Morgan fingerprint density at radius 1 is 1.33 bits per heavy atom. The number of hydrogen-bond donors (Lipinski definition) is 1. The smallest absolute Gasteiger partial charge is 0.296 e. The summed E-state index contributed by atoms with van der Waals surface area (Å²) in [6.07, 6.45) is 0. The molecule has 15 heavy (non-hydrogen) atoms. The van der Waals surface area contributed by atoms with Crippen molar-refractivity contribution in [3.8, 4) is 11.4 Å². The van der Waals surface area contributed by atoms with Gasteiger partial charge in [-0.15, -0.1) is 0 Å². The van der Waals surface area contributed by atoms with Crippen LogP contribution in [-0.4, -0.2) is 10.1 Å². The Bertz CT molecular complexity index is 541. The first kappa shape index (κ1) is 10.2. The summed E-state index contributed by atoms with van der Waals surface area (Å²) < 4.78 is 17.1. The molecule has 0 unspecified atom stereocenters. The van der Waals surface area contributed by atoms with Crippen LogP contribution in [0.1, 0.15) is 0 Å². The minimum absolute atomic E-state index is 0.0459. The van der Waals surface area contributed by atoms with E-state index in [1.165, 1.54) is 0 Å². The third kappa shape index (κ3) is 1.88. The second-order valence-electron chi connectivity index (χ2n) is 2.69. The van der Waals surface area contributed by atoms with Gasteiger partial charge in [-0.25, -0.2) is 9.18 Å².